The van der Waals surface area contributed by atoms with Crippen molar-refractivity contribution in [3.63, 3.8) is 0 Å². The van der Waals surface area contributed by atoms with Crippen LogP contribution in [0.4, 0.5) is 11.4 Å². The normalized spacial score (nSPS) is 11.3. The zero-order valence-corrected chi connectivity index (χ0v) is 15.3. The van der Waals surface area contributed by atoms with Crippen LogP contribution < -0.4 is 10.5 Å². The number of fused-ring (bicyclic) bond motifs is 1. The molecule has 0 spiro atoms. The number of halogens is 1. The van der Waals surface area contributed by atoms with Gasteiger partial charge in [0.25, 0.3) is 0 Å². The summed E-state index contributed by atoms with van der Waals surface area (Å²) >= 11 is 5.97. The quantitative estimate of drug-likeness (QED) is 0.520. The summed E-state index contributed by atoms with van der Waals surface area (Å²) in [7, 11) is 0. The summed E-state index contributed by atoms with van der Waals surface area (Å²) in [5.41, 5.74) is 1.50. The van der Waals surface area contributed by atoms with Crippen molar-refractivity contribution in [2.24, 2.45) is 4.99 Å². The first-order chi connectivity index (χ1) is 12.5. The molecule has 0 radical (unpaired) electrons. The Kier molecular flexibility index (Phi) is 5.28. The van der Waals surface area contributed by atoms with Gasteiger partial charge in [0, 0.05) is 47.0 Å². The van der Waals surface area contributed by atoms with Crippen molar-refractivity contribution in [3.05, 3.63) is 63.5 Å². The second kappa shape index (κ2) is 7.62. The molecule has 26 heavy (non-hydrogen) atoms. The summed E-state index contributed by atoms with van der Waals surface area (Å²) in [6.07, 6.45) is 1.45. The molecule has 0 aliphatic carbocycles. The Morgan fingerprint density at radius 1 is 1.15 bits per heavy atom. The minimum absolute atomic E-state index is 0.103. The van der Waals surface area contributed by atoms with Gasteiger partial charge in [-0.2, -0.15) is 0 Å². The number of rotatable bonds is 5. The fourth-order valence-corrected chi connectivity index (χ4v) is 2.92. The highest BCUT2D eigenvalue weighted by Gasteiger charge is 2.07. The molecule has 5 nitrogen and oxygen atoms in total. The fraction of sp³-hybridized carbons (Fsp3) is 0.200. The van der Waals surface area contributed by atoms with Crippen LogP contribution in [0.2, 0.25) is 5.02 Å². The van der Waals surface area contributed by atoms with Gasteiger partial charge in [-0.15, -0.1) is 0 Å². The number of benzene rings is 2. The molecule has 0 aliphatic rings. The predicted molar refractivity (Wildman–Crippen MR) is 106 cm³/mol. The Morgan fingerprint density at radius 3 is 2.62 bits per heavy atom. The van der Waals surface area contributed by atoms with E-state index >= 15 is 0 Å². The smallest absolute Gasteiger partial charge is 0.362 e. The molecule has 2 aromatic carbocycles. The van der Waals surface area contributed by atoms with Gasteiger partial charge in [0.15, 0.2) is 0 Å². The van der Waals surface area contributed by atoms with Crippen LogP contribution in [0.5, 0.6) is 5.75 Å². The number of aliphatic imine (C=N–C) groups is 1. The Labute approximate surface area is 156 Å². The van der Waals surface area contributed by atoms with Gasteiger partial charge in [-0.05, 0) is 50.2 Å². The number of aromatic hydroxyl groups is 1. The maximum absolute atomic E-state index is 12.1. The van der Waals surface area contributed by atoms with Crippen LogP contribution in [0.15, 0.2) is 56.7 Å². The van der Waals surface area contributed by atoms with Gasteiger partial charge in [0.05, 0.1) is 0 Å². The second-order valence-electron chi connectivity index (χ2n) is 5.77. The van der Waals surface area contributed by atoms with Crippen molar-refractivity contribution >= 4 is 40.2 Å². The number of anilines is 1. The molecule has 134 valence electrons. The molecule has 0 aliphatic heterocycles. The number of hydrogen-bond donors (Lipinski definition) is 1. The van der Waals surface area contributed by atoms with Crippen LogP contribution >= 0.6 is 11.6 Å². The van der Waals surface area contributed by atoms with E-state index in [1.807, 2.05) is 6.07 Å². The molecule has 0 fully saturated rings. The summed E-state index contributed by atoms with van der Waals surface area (Å²) in [5.74, 6) is 0.103. The molecule has 3 rings (SSSR count). The Hall–Kier alpha value is -2.79. The van der Waals surface area contributed by atoms with E-state index in [4.69, 9.17) is 16.0 Å². The van der Waals surface area contributed by atoms with E-state index in [0.29, 0.717) is 21.6 Å². The maximum atomic E-state index is 12.1. The van der Waals surface area contributed by atoms with E-state index in [0.717, 1.165) is 18.8 Å². The molecule has 1 aromatic heterocycles. The highest BCUT2D eigenvalue weighted by molar-refractivity contribution is 6.31. The Morgan fingerprint density at radius 2 is 1.92 bits per heavy atom. The summed E-state index contributed by atoms with van der Waals surface area (Å²) in [6.45, 7) is 5.82. The van der Waals surface area contributed by atoms with Crippen molar-refractivity contribution in [3.8, 4) is 5.75 Å². The fourth-order valence-electron chi connectivity index (χ4n) is 2.74. The third-order valence-corrected chi connectivity index (χ3v) is 4.40. The van der Waals surface area contributed by atoms with Crippen LogP contribution in [0.25, 0.3) is 11.0 Å². The molecule has 6 heteroatoms. The lowest BCUT2D eigenvalue weighted by atomic mass is 10.1. The molecule has 1 heterocycles. The molecule has 0 saturated heterocycles. The second-order valence-corrected chi connectivity index (χ2v) is 6.21. The number of hydrogen-bond acceptors (Lipinski definition) is 5. The Balaban J connectivity index is 1.93. The molecule has 1 N–H and O–H groups in total. The summed E-state index contributed by atoms with van der Waals surface area (Å²) in [4.78, 5) is 18.4. The molecule has 0 bridgehead atoms. The summed E-state index contributed by atoms with van der Waals surface area (Å²) in [6, 6.07) is 12.0. The highest BCUT2D eigenvalue weighted by Crippen LogP contribution is 2.25. The zero-order chi connectivity index (χ0) is 18.7. The van der Waals surface area contributed by atoms with Crippen molar-refractivity contribution in [2.45, 2.75) is 13.8 Å². The Bertz CT molecular complexity index is 1020. The van der Waals surface area contributed by atoms with E-state index in [9.17, 15) is 9.90 Å². The van der Waals surface area contributed by atoms with E-state index in [1.165, 1.54) is 6.21 Å². The SMILES string of the molecule is CCN(CC)c1ccc(C=Nc2cc3cc(Cl)ccc3oc2=O)c(O)c1. The third kappa shape index (κ3) is 3.73. The van der Waals surface area contributed by atoms with Crippen LogP contribution in [0.3, 0.4) is 0 Å². The van der Waals surface area contributed by atoms with Gasteiger partial charge in [0.2, 0.25) is 0 Å². The molecular weight excluding hydrogens is 352 g/mol. The van der Waals surface area contributed by atoms with Gasteiger partial charge in [-0.25, -0.2) is 9.79 Å². The average Bonchev–Trinajstić information content (AvgIpc) is 2.62. The zero-order valence-electron chi connectivity index (χ0n) is 14.6. The highest BCUT2D eigenvalue weighted by atomic mass is 35.5. The molecule has 0 saturated carbocycles. The van der Waals surface area contributed by atoms with Crippen molar-refractivity contribution in [1.29, 1.82) is 0 Å². The number of phenolic OH excluding ortho intramolecular Hbond substituents is 1. The van der Waals surface area contributed by atoms with E-state index in [1.54, 1.807) is 36.4 Å². The van der Waals surface area contributed by atoms with Gasteiger partial charge < -0.3 is 14.4 Å². The van der Waals surface area contributed by atoms with E-state index in [-0.39, 0.29) is 11.4 Å². The molecule has 3 aromatic rings. The minimum Gasteiger partial charge on any atom is -0.507 e. The van der Waals surface area contributed by atoms with Crippen LogP contribution in [0, 0.1) is 0 Å². The monoisotopic (exact) mass is 370 g/mol. The topological polar surface area (TPSA) is 66.0 Å². The van der Waals surface area contributed by atoms with Gasteiger partial charge in [-0.1, -0.05) is 11.6 Å². The first-order valence-electron chi connectivity index (χ1n) is 8.37. The molecule has 0 amide bonds. The maximum Gasteiger partial charge on any atom is 0.362 e. The average molecular weight is 371 g/mol. The predicted octanol–water partition coefficient (Wildman–Crippen LogP) is 4.75. The number of nitrogens with zero attached hydrogens (tertiary/aromatic N) is 2. The van der Waals surface area contributed by atoms with Gasteiger partial charge in [-0.3, -0.25) is 0 Å². The first-order valence-corrected chi connectivity index (χ1v) is 8.75. The van der Waals surface area contributed by atoms with E-state index in [2.05, 4.69) is 23.7 Å². The van der Waals surface area contributed by atoms with Crippen molar-refractivity contribution < 1.29 is 9.52 Å². The van der Waals surface area contributed by atoms with Crippen molar-refractivity contribution in [2.75, 3.05) is 18.0 Å². The lowest BCUT2D eigenvalue weighted by Gasteiger charge is -2.21. The first kappa shape index (κ1) is 18.0. The van der Waals surface area contributed by atoms with Crippen LogP contribution in [-0.4, -0.2) is 24.4 Å². The van der Waals surface area contributed by atoms with Gasteiger partial charge >= 0.3 is 5.63 Å². The molecule has 0 atom stereocenters. The van der Waals surface area contributed by atoms with Crippen molar-refractivity contribution in [1.82, 2.24) is 0 Å². The lowest BCUT2D eigenvalue weighted by molar-refractivity contribution is 0.474. The van der Waals surface area contributed by atoms with Crippen LogP contribution in [0.1, 0.15) is 19.4 Å². The third-order valence-electron chi connectivity index (χ3n) is 4.16. The summed E-state index contributed by atoms with van der Waals surface area (Å²) in [5, 5.41) is 11.5. The van der Waals surface area contributed by atoms with E-state index < -0.39 is 5.63 Å². The standard InChI is InChI=1S/C20H19ClN2O3/c1-3-23(4-2)16-7-5-13(18(24)11-16)12-22-17-10-14-9-15(21)6-8-19(14)26-20(17)25/h5-12,24H,3-4H2,1-2H3. The largest absolute Gasteiger partial charge is 0.507 e. The minimum atomic E-state index is -0.546. The van der Waals surface area contributed by atoms with Crippen LogP contribution in [-0.2, 0) is 0 Å². The van der Waals surface area contributed by atoms with Gasteiger partial charge in [0.1, 0.15) is 17.0 Å². The summed E-state index contributed by atoms with van der Waals surface area (Å²) < 4.78 is 5.25. The lowest BCUT2D eigenvalue weighted by Crippen LogP contribution is -2.21. The molecule has 0 unspecified atom stereocenters. The molecular formula is C20H19ClN2O3. The number of phenols is 1.